The maximum atomic E-state index is 13.7. The molecule has 21 heavy (non-hydrogen) atoms. The fraction of sp³-hybridized carbons (Fsp3) is 0.0714. The lowest BCUT2D eigenvalue weighted by molar-refractivity contribution is 0.606. The highest BCUT2D eigenvalue weighted by molar-refractivity contribution is 5.56. The summed E-state index contributed by atoms with van der Waals surface area (Å²) in [6.45, 7) is 1.56. The van der Waals surface area contributed by atoms with Gasteiger partial charge in [0.2, 0.25) is 0 Å². The van der Waals surface area contributed by atoms with E-state index in [9.17, 15) is 4.39 Å². The van der Waals surface area contributed by atoms with E-state index in [1.165, 1.54) is 0 Å². The van der Waals surface area contributed by atoms with Crippen LogP contribution in [0.1, 0.15) is 5.69 Å². The summed E-state index contributed by atoms with van der Waals surface area (Å²) in [4.78, 5) is 8.18. The average Bonchev–Trinajstić information content (AvgIpc) is 3.00. The first kappa shape index (κ1) is 13.2. The molecule has 0 unspecified atom stereocenters. The summed E-state index contributed by atoms with van der Waals surface area (Å²) in [5.41, 5.74) is 4.05. The third kappa shape index (κ3) is 2.46. The SMILES string of the molecule is Cc1nc(-c2cnn(-c3ccccc3)c2)nc(NN)c1F. The van der Waals surface area contributed by atoms with Gasteiger partial charge in [-0.1, -0.05) is 18.2 Å². The van der Waals surface area contributed by atoms with Gasteiger partial charge in [0, 0.05) is 6.20 Å². The van der Waals surface area contributed by atoms with Gasteiger partial charge in [0.1, 0.15) is 0 Å². The van der Waals surface area contributed by atoms with Crippen LogP contribution in [-0.2, 0) is 0 Å². The highest BCUT2D eigenvalue weighted by Crippen LogP contribution is 2.21. The van der Waals surface area contributed by atoms with E-state index in [1.54, 1.807) is 24.0 Å². The summed E-state index contributed by atoms with van der Waals surface area (Å²) < 4.78 is 15.4. The first-order valence-electron chi connectivity index (χ1n) is 6.30. The first-order valence-corrected chi connectivity index (χ1v) is 6.30. The standard InChI is InChI=1S/C14H13FN6/c1-9-12(15)14(20-16)19-13(18-9)10-7-17-21(8-10)11-5-3-2-4-6-11/h2-8H,16H2,1H3,(H,18,19,20). The number of nitrogen functional groups attached to an aromatic ring is 1. The fourth-order valence-electron chi connectivity index (χ4n) is 1.94. The first-order chi connectivity index (χ1) is 10.2. The minimum Gasteiger partial charge on any atom is -0.306 e. The third-order valence-corrected chi connectivity index (χ3v) is 3.02. The molecular weight excluding hydrogens is 271 g/mol. The Balaban J connectivity index is 2.03. The van der Waals surface area contributed by atoms with E-state index in [1.807, 2.05) is 30.3 Å². The van der Waals surface area contributed by atoms with E-state index in [4.69, 9.17) is 5.84 Å². The molecule has 0 amide bonds. The molecular formula is C14H13FN6. The second-order valence-electron chi connectivity index (χ2n) is 4.45. The van der Waals surface area contributed by atoms with Gasteiger partial charge in [0.05, 0.1) is 23.1 Å². The van der Waals surface area contributed by atoms with E-state index in [0.717, 1.165) is 5.69 Å². The Hall–Kier alpha value is -2.80. The Morgan fingerprint density at radius 3 is 2.67 bits per heavy atom. The topological polar surface area (TPSA) is 81.7 Å². The fourth-order valence-corrected chi connectivity index (χ4v) is 1.94. The Labute approximate surface area is 120 Å². The second kappa shape index (κ2) is 5.29. The van der Waals surface area contributed by atoms with Crippen LogP contribution in [0.25, 0.3) is 17.1 Å². The van der Waals surface area contributed by atoms with Crippen LogP contribution >= 0.6 is 0 Å². The van der Waals surface area contributed by atoms with Gasteiger partial charge >= 0.3 is 0 Å². The molecule has 0 spiro atoms. The number of aryl methyl sites for hydroxylation is 1. The summed E-state index contributed by atoms with van der Waals surface area (Å²) in [6.07, 6.45) is 3.41. The van der Waals surface area contributed by atoms with Crippen LogP contribution < -0.4 is 11.3 Å². The smallest absolute Gasteiger partial charge is 0.187 e. The second-order valence-corrected chi connectivity index (χ2v) is 4.45. The summed E-state index contributed by atoms with van der Waals surface area (Å²) in [7, 11) is 0. The van der Waals surface area contributed by atoms with Crippen LogP contribution in [0.2, 0.25) is 0 Å². The Morgan fingerprint density at radius 2 is 1.95 bits per heavy atom. The molecule has 0 radical (unpaired) electrons. The largest absolute Gasteiger partial charge is 0.306 e. The Bertz CT molecular complexity index is 768. The van der Waals surface area contributed by atoms with Crippen molar-refractivity contribution in [2.45, 2.75) is 6.92 Å². The van der Waals surface area contributed by atoms with E-state index in [-0.39, 0.29) is 11.5 Å². The van der Waals surface area contributed by atoms with Crippen molar-refractivity contribution < 1.29 is 4.39 Å². The predicted octanol–water partition coefficient (Wildman–Crippen LogP) is 2.06. The summed E-state index contributed by atoms with van der Waals surface area (Å²) in [5, 5.41) is 4.26. The van der Waals surface area contributed by atoms with Crippen LogP contribution in [0.15, 0.2) is 42.7 Å². The molecule has 106 valence electrons. The van der Waals surface area contributed by atoms with Crippen molar-refractivity contribution in [1.29, 1.82) is 0 Å². The van der Waals surface area contributed by atoms with Crippen molar-refractivity contribution in [3.8, 4) is 17.1 Å². The molecule has 0 saturated carbocycles. The van der Waals surface area contributed by atoms with Crippen molar-refractivity contribution in [3.05, 3.63) is 54.2 Å². The highest BCUT2D eigenvalue weighted by atomic mass is 19.1. The number of para-hydroxylation sites is 1. The molecule has 3 N–H and O–H groups in total. The minimum atomic E-state index is -0.559. The normalized spacial score (nSPS) is 10.6. The van der Waals surface area contributed by atoms with Crippen molar-refractivity contribution >= 4 is 5.82 Å². The number of aromatic nitrogens is 4. The number of anilines is 1. The van der Waals surface area contributed by atoms with Crippen LogP contribution in [0.3, 0.4) is 0 Å². The summed E-state index contributed by atoms with van der Waals surface area (Å²) >= 11 is 0. The Morgan fingerprint density at radius 1 is 1.19 bits per heavy atom. The quantitative estimate of drug-likeness (QED) is 0.568. The zero-order valence-corrected chi connectivity index (χ0v) is 11.3. The van der Waals surface area contributed by atoms with E-state index in [0.29, 0.717) is 11.4 Å². The zero-order valence-electron chi connectivity index (χ0n) is 11.3. The number of nitrogens with two attached hydrogens (primary N) is 1. The van der Waals surface area contributed by atoms with Crippen molar-refractivity contribution in [2.75, 3.05) is 5.43 Å². The lowest BCUT2D eigenvalue weighted by Gasteiger charge is -2.05. The molecule has 0 atom stereocenters. The number of halogens is 1. The number of nitrogens with one attached hydrogen (secondary N) is 1. The maximum absolute atomic E-state index is 13.7. The van der Waals surface area contributed by atoms with Crippen molar-refractivity contribution in [3.63, 3.8) is 0 Å². The van der Waals surface area contributed by atoms with Gasteiger partial charge in [-0.2, -0.15) is 5.10 Å². The molecule has 0 fully saturated rings. The van der Waals surface area contributed by atoms with Gasteiger partial charge in [0.15, 0.2) is 17.5 Å². The van der Waals surface area contributed by atoms with Gasteiger partial charge in [-0.25, -0.2) is 24.9 Å². The molecule has 6 nitrogen and oxygen atoms in total. The molecule has 0 saturated heterocycles. The number of rotatable bonds is 3. The molecule has 7 heteroatoms. The average molecular weight is 284 g/mol. The van der Waals surface area contributed by atoms with Crippen molar-refractivity contribution in [1.82, 2.24) is 19.7 Å². The third-order valence-electron chi connectivity index (χ3n) is 3.02. The molecule has 2 heterocycles. The maximum Gasteiger partial charge on any atom is 0.187 e. The lowest BCUT2D eigenvalue weighted by atomic mass is 10.3. The van der Waals surface area contributed by atoms with Crippen molar-refractivity contribution in [2.24, 2.45) is 5.84 Å². The van der Waals surface area contributed by atoms with Gasteiger partial charge in [-0.05, 0) is 19.1 Å². The van der Waals surface area contributed by atoms with E-state index >= 15 is 0 Å². The molecule has 1 aromatic carbocycles. The lowest BCUT2D eigenvalue weighted by Crippen LogP contribution is -2.12. The van der Waals surface area contributed by atoms with Gasteiger partial charge in [-0.3, -0.25) is 0 Å². The molecule has 0 aliphatic rings. The summed E-state index contributed by atoms with van der Waals surface area (Å²) in [6, 6.07) is 9.64. The van der Waals surface area contributed by atoms with Crippen LogP contribution in [0, 0.1) is 12.7 Å². The van der Waals surface area contributed by atoms with Crippen LogP contribution in [0.4, 0.5) is 10.2 Å². The molecule has 3 rings (SSSR count). The molecule has 3 aromatic rings. The number of hydrogen-bond donors (Lipinski definition) is 2. The van der Waals surface area contributed by atoms with E-state index in [2.05, 4.69) is 20.5 Å². The minimum absolute atomic E-state index is 0.0371. The number of hydrogen-bond acceptors (Lipinski definition) is 5. The monoisotopic (exact) mass is 284 g/mol. The van der Waals surface area contributed by atoms with E-state index < -0.39 is 5.82 Å². The number of hydrazine groups is 1. The Kier molecular flexibility index (Phi) is 3.33. The predicted molar refractivity (Wildman–Crippen MR) is 77.1 cm³/mol. The van der Waals surface area contributed by atoms with Gasteiger partial charge in [0.25, 0.3) is 0 Å². The van der Waals surface area contributed by atoms with Crippen LogP contribution in [0.5, 0.6) is 0 Å². The molecule has 0 aliphatic heterocycles. The molecule has 0 aliphatic carbocycles. The number of benzene rings is 1. The van der Waals surface area contributed by atoms with Gasteiger partial charge < -0.3 is 5.43 Å². The van der Waals surface area contributed by atoms with Gasteiger partial charge in [-0.15, -0.1) is 0 Å². The number of nitrogens with zero attached hydrogens (tertiary/aromatic N) is 4. The molecule has 0 bridgehead atoms. The zero-order chi connectivity index (χ0) is 14.8. The van der Waals surface area contributed by atoms with Crippen LogP contribution in [-0.4, -0.2) is 19.7 Å². The summed E-state index contributed by atoms with van der Waals surface area (Å²) in [5.74, 6) is 5.03. The highest BCUT2D eigenvalue weighted by Gasteiger charge is 2.13. The molecule has 2 aromatic heterocycles.